The molecule has 2 N–H and O–H groups in total. The van der Waals surface area contributed by atoms with Crippen molar-refractivity contribution in [2.45, 2.75) is 50.5 Å². The fourth-order valence-corrected chi connectivity index (χ4v) is 4.43. The lowest BCUT2D eigenvalue weighted by Crippen LogP contribution is -2.43. The summed E-state index contributed by atoms with van der Waals surface area (Å²) >= 11 is 1.52. The van der Waals surface area contributed by atoms with Crippen LogP contribution in [0.4, 0.5) is 0 Å². The number of rotatable bonds is 6. The van der Waals surface area contributed by atoms with E-state index in [0.717, 1.165) is 28.1 Å². The first-order valence-electron chi connectivity index (χ1n) is 9.65. The van der Waals surface area contributed by atoms with Crippen LogP contribution >= 0.6 is 11.3 Å². The van der Waals surface area contributed by atoms with Crippen LogP contribution in [0.2, 0.25) is 0 Å². The molecule has 0 spiro atoms. The zero-order valence-electron chi connectivity index (χ0n) is 15.6. The standard InChI is InChI=1S/C21H22N4O2S/c22-13-21(8-9-21)25-19(27)12-23-18(26)11-20-24-16-7-6-15(10-17(16)28-20)14-4-2-1-3-5-14/h4,6-7,10H,1-3,5,8-9,11-12H2,(H,23,26)(H,25,27). The Morgan fingerprint density at radius 2 is 2.11 bits per heavy atom. The van der Waals surface area contributed by atoms with Crippen molar-refractivity contribution in [1.82, 2.24) is 15.6 Å². The lowest BCUT2D eigenvalue weighted by atomic mass is 9.94. The van der Waals surface area contributed by atoms with Gasteiger partial charge in [0, 0.05) is 0 Å². The molecule has 0 atom stereocenters. The maximum Gasteiger partial charge on any atom is 0.240 e. The Morgan fingerprint density at radius 1 is 1.25 bits per heavy atom. The largest absolute Gasteiger partial charge is 0.347 e. The molecule has 144 valence electrons. The summed E-state index contributed by atoms with van der Waals surface area (Å²) in [5.41, 5.74) is 2.84. The lowest BCUT2D eigenvalue weighted by Gasteiger charge is -2.12. The van der Waals surface area contributed by atoms with Gasteiger partial charge in [0.1, 0.15) is 10.5 Å². The number of nitrogens with zero attached hydrogens (tertiary/aromatic N) is 2. The van der Waals surface area contributed by atoms with Crippen LogP contribution in [0.5, 0.6) is 0 Å². The molecule has 4 rings (SSSR count). The quantitative estimate of drug-likeness (QED) is 0.787. The van der Waals surface area contributed by atoms with E-state index < -0.39 is 5.54 Å². The van der Waals surface area contributed by atoms with Crippen LogP contribution in [-0.2, 0) is 16.0 Å². The Balaban J connectivity index is 1.35. The Labute approximate surface area is 167 Å². The highest BCUT2D eigenvalue weighted by molar-refractivity contribution is 7.18. The van der Waals surface area contributed by atoms with Gasteiger partial charge in [-0.15, -0.1) is 11.3 Å². The molecule has 0 bridgehead atoms. The number of hydrogen-bond acceptors (Lipinski definition) is 5. The highest BCUT2D eigenvalue weighted by Crippen LogP contribution is 2.34. The number of nitrogens with one attached hydrogen (secondary N) is 2. The summed E-state index contributed by atoms with van der Waals surface area (Å²) in [6.45, 7) is -0.120. The zero-order valence-corrected chi connectivity index (χ0v) is 16.4. The summed E-state index contributed by atoms with van der Waals surface area (Å²) in [7, 11) is 0. The van der Waals surface area contributed by atoms with E-state index in [1.807, 2.05) is 6.07 Å². The number of amides is 2. The Hall–Kier alpha value is -2.72. The van der Waals surface area contributed by atoms with Gasteiger partial charge in [-0.05, 0) is 61.8 Å². The molecular weight excluding hydrogens is 372 g/mol. The van der Waals surface area contributed by atoms with Crippen molar-refractivity contribution in [2.24, 2.45) is 0 Å². The number of thiazole rings is 1. The van der Waals surface area contributed by atoms with Crippen molar-refractivity contribution in [2.75, 3.05) is 6.54 Å². The van der Waals surface area contributed by atoms with E-state index in [4.69, 9.17) is 5.26 Å². The van der Waals surface area contributed by atoms with Crippen molar-refractivity contribution < 1.29 is 9.59 Å². The van der Waals surface area contributed by atoms with E-state index in [9.17, 15) is 9.59 Å². The van der Waals surface area contributed by atoms with Gasteiger partial charge >= 0.3 is 0 Å². The van der Waals surface area contributed by atoms with Crippen LogP contribution in [0.3, 0.4) is 0 Å². The Kier molecular flexibility index (Phi) is 5.14. The Bertz CT molecular complexity index is 997. The molecule has 2 aliphatic rings. The average Bonchev–Trinajstić information content (AvgIpc) is 3.36. The van der Waals surface area contributed by atoms with E-state index in [1.165, 1.54) is 35.3 Å². The number of fused-ring (bicyclic) bond motifs is 1. The van der Waals surface area contributed by atoms with Gasteiger partial charge in [-0.2, -0.15) is 5.26 Å². The summed E-state index contributed by atoms with van der Waals surface area (Å²) in [6.07, 6.45) is 8.58. The van der Waals surface area contributed by atoms with Gasteiger partial charge in [-0.1, -0.05) is 12.1 Å². The van der Waals surface area contributed by atoms with Crippen molar-refractivity contribution in [3.05, 3.63) is 34.8 Å². The topological polar surface area (TPSA) is 94.9 Å². The number of aromatic nitrogens is 1. The van der Waals surface area contributed by atoms with Crippen LogP contribution in [0, 0.1) is 11.3 Å². The molecule has 2 amide bonds. The van der Waals surface area contributed by atoms with Crippen LogP contribution < -0.4 is 10.6 Å². The molecule has 1 fully saturated rings. The number of nitriles is 1. The molecule has 1 heterocycles. The third kappa shape index (κ3) is 4.23. The van der Waals surface area contributed by atoms with Gasteiger partial charge < -0.3 is 10.6 Å². The predicted octanol–water partition coefficient (Wildman–Crippen LogP) is 3.08. The van der Waals surface area contributed by atoms with Crippen molar-refractivity contribution in [3.8, 4) is 6.07 Å². The van der Waals surface area contributed by atoms with Crippen molar-refractivity contribution >= 4 is 38.9 Å². The average molecular weight is 395 g/mol. The zero-order chi connectivity index (χ0) is 19.6. The Morgan fingerprint density at radius 3 is 2.82 bits per heavy atom. The summed E-state index contributed by atoms with van der Waals surface area (Å²) in [4.78, 5) is 28.6. The van der Waals surface area contributed by atoms with Crippen molar-refractivity contribution in [1.29, 1.82) is 5.26 Å². The minimum Gasteiger partial charge on any atom is -0.347 e. The predicted molar refractivity (Wildman–Crippen MR) is 108 cm³/mol. The van der Waals surface area contributed by atoms with Gasteiger partial charge in [-0.3, -0.25) is 9.59 Å². The lowest BCUT2D eigenvalue weighted by molar-refractivity contribution is -0.126. The van der Waals surface area contributed by atoms with Gasteiger partial charge in [-0.25, -0.2) is 4.98 Å². The molecular formula is C21H22N4O2S. The fourth-order valence-electron chi connectivity index (χ4n) is 3.43. The summed E-state index contributed by atoms with van der Waals surface area (Å²) < 4.78 is 1.08. The molecule has 2 aliphatic carbocycles. The molecule has 28 heavy (non-hydrogen) atoms. The highest BCUT2D eigenvalue weighted by atomic mass is 32.1. The van der Waals surface area contributed by atoms with Crippen LogP contribution in [0.15, 0.2) is 24.3 Å². The summed E-state index contributed by atoms with van der Waals surface area (Å²) in [6, 6.07) is 8.38. The van der Waals surface area contributed by atoms with E-state index >= 15 is 0 Å². The minimum absolute atomic E-state index is 0.120. The van der Waals surface area contributed by atoms with E-state index in [0.29, 0.717) is 12.8 Å². The molecule has 0 saturated heterocycles. The van der Waals surface area contributed by atoms with Crippen LogP contribution in [0.25, 0.3) is 15.8 Å². The summed E-state index contributed by atoms with van der Waals surface area (Å²) in [5, 5.41) is 15.0. The SMILES string of the molecule is N#CC1(NC(=O)CNC(=O)Cc2nc3ccc(C4=CCCCC4)cc3s2)CC1. The molecule has 0 unspecified atom stereocenters. The van der Waals surface area contributed by atoms with Gasteiger partial charge in [0.25, 0.3) is 0 Å². The van der Waals surface area contributed by atoms with Gasteiger partial charge in [0.2, 0.25) is 11.8 Å². The normalized spacial score (nSPS) is 17.5. The summed E-state index contributed by atoms with van der Waals surface area (Å²) in [5.74, 6) is -0.576. The molecule has 1 aromatic heterocycles. The molecule has 0 aliphatic heterocycles. The first kappa shape index (κ1) is 18.6. The molecule has 2 aromatic rings. The van der Waals surface area contributed by atoms with Gasteiger partial charge in [0.05, 0.1) is 29.3 Å². The molecule has 6 nitrogen and oxygen atoms in total. The van der Waals surface area contributed by atoms with Crippen LogP contribution in [-0.4, -0.2) is 28.9 Å². The third-order valence-electron chi connectivity index (χ3n) is 5.20. The van der Waals surface area contributed by atoms with Gasteiger partial charge in [0.15, 0.2) is 0 Å². The number of benzene rings is 1. The number of allylic oxidation sites excluding steroid dienone is 2. The molecule has 0 radical (unpaired) electrons. The second-order valence-corrected chi connectivity index (χ2v) is 8.58. The molecule has 1 aromatic carbocycles. The highest BCUT2D eigenvalue weighted by Gasteiger charge is 2.44. The number of carbonyl (C=O) groups is 2. The van der Waals surface area contributed by atoms with E-state index in [1.54, 1.807) is 0 Å². The van der Waals surface area contributed by atoms with Crippen LogP contribution in [0.1, 0.15) is 49.1 Å². The first-order chi connectivity index (χ1) is 13.6. The maximum absolute atomic E-state index is 12.2. The smallest absolute Gasteiger partial charge is 0.240 e. The molecule has 7 heteroatoms. The first-order valence-corrected chi connectivity index (χ1v) is 10.5. The monoisotopic (exact) mass is 394 g/mol. The number of carbonyl (C=O) groups excluding carboxylic acids is 2. The molecule has 1 saturated carbocycles. The number of hydrogen-bond donors (Lipinski definition) is 2. The maximum atomic E-state index is 12.2. The van der Waals surface area contributed by atoms with E-state index in [2.05, 4.69) is 39.9 Å². The van der Waals surface area contributed by atoms with E-state index in [-0.39, 0.29) is 24.8 Å². The second-order valence-electron chi connectivity index (χ2n) is 7.46. The van der Waals surface area contributed by atoms with Crippen molar-refractivity contribution in [3.63, 3.8) is 0 Å². The third-order valence-corrected chi connectivity index (χ3v) is 6.21. The second kappa shape index (κ2) is 7.72. The fraction of sp³-hybridized carbons (Fsp3) is 0.429. The minimum atomic E-state index is -0.708.